The summed E-state index contributed by atoms with van der Waals surface area (Å²) in [5, 5.41) is 5.47. The number of hydrogen-bond donors (Lipinski definition) is 2. The van der Waals surface area contributed by atoms with E-state index in [2.05, 4.69) is 15.6 Å². The van der Waals surface area contributed by atoms with Crippen molar-refractivity contribution in [1.82, 2.24) is 15.6 Å². The number of rotatable bonds is 3. The number of nitrogens with one attached hydrogen (secondary N) is 2. The molecular formula is C14H20N4O2. The van der Waals surface area contributed by atoms with E-state index in [-0.39, 0.29) is 24.4 Å². The lowest BCUT2D eigenvalue weighted by Crippen LogP contribution is -2.64. The third-order valence-electron chi connectivity index (χ3n) is 3.74. The van der Waals surface area contributed by atoms with Crippen LogP contribution < -0.4 is 15.5 Å². The number of anilines is 1. The summed E-state index contributed by atoms with van der Waals surface area (Å²) in [7, 11) is 1.87. The van der Waals surface area contributed by atoms with Crippen molar-refractivity contribution >= 4 is 17.5 Å². The Morgan fingerprint density at radius 3 is 2.65 bits per heavy atom. The van der Waals surface area contributed by atoms with E-state index in [1.165, 1.54) is 0 Å². The monoisotopic (exact) mass is 276 g/mol. The van der Waals surface area contributed by atoms with Crippen LogP contribution in [0.3, 0.4) is 0 Å². The van der Waals surface area contributed by atoms with Crippen molar-refractivity contribution in [2.45, 2.75) is 32.4 Å². The van der Waals surface area contributed by atoms with Crippen molar-refractivity contribution < 1.29 is 9.59 Å². The molecule has 1 unspecified atom stereocenters. The number of hydrogen-bond acceptors (Lipinski definition) is 5. The van der Waals surface area contributed by atoms with Gasteiger partial charge in [0.15, 0.2) is 0 Å². The Morgan fingerprint density at radius 1 is 1.40 bits per heavy atom. The van der Waals surface area contributed by atoms with Gasteiger partial charge >= 0.3 is 0 Å². The van der Waals surface area contributed by atoms with Crippen LogP contribution in [-0.2, 0) is 9.59 Å². The molecule has 0 bridgehead atoms. The largest absolute Gasteiger partial charge is 0.347 e. The molecule has 1 aromatic rings. The van der Waals surface area contributed by atoms with Crippen molar-refractivity contribution in [3.63, 3.8) is 0 Å². The molecule has 0 saturated carbocycles. The van der Waals surface area contributed by atoms with E-state index in [1.807, 2.05) is 26.1 Å². The third kappa shape index (κ3) is 2.51. The van der Waals surface area contributed by atoms with Gasteiger partial charge in [0.25, 0.3) is 5.91 Å². The van der Waals surface area contributed by atoms with Gasteiger partial charge in [0, 0.05) is 6.04 Å². The molecule has 6 nitrogen and oxygen atoms in total. The standard InChI is InChI=1S/C14H20N4O2/c1-9(15-4)11-6-5-10(7-16-11)18-8-12(19)17-13(20)14(18,2)3/h5-7,9,15H,8H2,1-4H3,(H,17,19,20). The van der Waals surface area contributed by atoms with Gasteiger partial charge < -0.3 is 10.2 Å². The zero-order valence-electron chi connectivity index (χ0n) is 12.2. The fraction of sp³-hybridized carbons (Fsp3) is 0.500. The highest BCUT2D eigenvalue weighted by molar-refractivity contribution is 6.06. The Balaban J connectivity index is 2.30. The summed E-state index contributed by atoms with van der Waals surface area (Å²) < 4.78 is 0. The van der Waals surface area contributed by atoms with E-state index in [4.69, 9.17) is 0 Å². The second kappa shape index (κ2) is 5.20. The Hall–Kier alpha value is -1.95. The van der Waals surface area contributed by atoms with E-state index in [0.29, 0.717) is 0 Å². The van der Waals surface area contributed by atoms with Gasteiger partial charge in [0.2, 0.25) is 5.91 Å². The van der Waals surface area contributed by atoms with Gasteiger partial charge in [-0.2, -0.15) is 0 Å². The molecule has 1 aromatic heterocycles. The first-order valence-corrected chi connectivity index (χ1v) is 6.61. The Bertz CT molecular complexity index is 524. The molecule has 108 valence electrons. The van der Waals surface area contributed by atoms with Crippen molar-refractivity contribution in [3.8, 4) is 0 Å². The van der Waals surface area contributed by atoms with Gasteiger partial charge in [-0.1, -0.05) is 0 Å². The average molecular weight is 276 g/mol. The number of amides is 2. The number of imide groups is 1. The maximum absolute atomic E-state index is 11.9. The van der Waals surface area contributed by atoms with E-state index in [1.54, 1.807) is 24.9 Å². The van der Waals surface area contributed by atoms with Gasteiger partial charge in [-0.25, -0.2) is 0 Å². The van der Waals surface area contributed by atoms with Crippen LogP contribution in [0.5, 0.6) is 0 Å². The molecule has 20 heavy (non-hydrogen) atoms. The smallest absolute Gasteiger partial charge is 0.251 e. The zero-order chi connectivity index (χ0) is 14.9. The van der Waals surface area contributed by atoms with Crippen molar-refractivity contribution in [1.29, 1.82) is 0 Å². The fourth-order valence-electron chi connectivity index (χ4n) is 2.16. The first-order chi connectivity index (χ1) is 9.36. The molecule has 1 fully saturated rings. The lowest BCUT2D eigenvalue weighted by Gasteiger charge is -2.41. The van der Waals surface area contributed by atoms with Crippen LogP contribution in [0, 0.1) is 0 Å². The lowest BCUT2D eigenvalue weighted by atomic mass is 9.98. The zero-order valence-corrected chi connectivity index (χ0v) is 12.2. The van der Waals surface area contributed by atoms with E-state index < -0.39 is 5.54 Å². The molecule has 0 aliphatic carbocycles. The minimum atomic E-state index is -0.772. The van der Waals surface area contributed by atoms with Gasteiger partial charge in [-0.05, 0) is 40.0 Å². The SMILES string of the molecule is CNC(C)c1ccc(N2CC(=O)NC(=O)C2(C)C)cn1. The van der Waals surface area contributed by atoms with Crippen molar-refractivity contribution in [3.05, 3.63) is 24.0 Å². The van der Waals surface area contributed by atoms with Crippen LogP contribution in [0.4, 0.5) is 5.69 Å². The van der Waals surface area contributed by atoms with Gasteiger partial charge in [-0.3, -0.25) is 19.9 Å². The first kappa shape index (κ1) is 14.5. The molecule has 0 aromatic carbocycles. The molecule has 2 amide bonds. The van der Waals surface area contributed by atoms with Gasteiger partial charge in [0.1, 0.15) is 5.54 Å². The fourth-order valence-corrected chi connectivity index (χ4v) is 2.16. The maximum atomic E-state index is 11.9. The quantitative estimate of drug-likeness (QED) is 0.791. The van der Waals surface area contributed by atoms with Crippen LogP contribution in [-0.4, -0.2) is 35.9 Å². The van der Waals surface area contributed by atoms with Crippen LogP contribution in [0.25, 0.3) is 0 Å². The number of pyridine rings is 1. The Labute approximate surface area is 118 Å². The summed E-state index contributed by atoms with van der Waals surface area (Å²) in [6.07, 6.45) is 1.71. The van der Waals surface area contributed by atoms with Crippen LogP contribution in [0.15, 0.2) is 18.3 Å². The van der Waals surface area contributed by atoms with E-state index >= 15 is 0 Å². The second-order valence-electron chi connectivity index (χ2n) is 5.47. The molecule has 1 aliphatic rings. The summed E-state index contributed by atoms with van der Waals surface area (Å²) >= 11 is 0. The summed E-state index contributed by atoms with van der Waals surface area (Å²) in [5.74, 6) is -0.580. The first-order valence-electron chi connectivity index (χ1n) is 6.61. The van der Waals surface area contributed by atoms with Crippen LogP contribution in [0.1, 0.15) is 32.5 Å². The van der Waals surface area contributed by atoms with Crippen LogP contribution >= 0.6 is 0 Å². The number of piperazine rings is 1. The molecule has 0 spiro atoms. The highest BCUT2D eigenvalue weighted by Gasteiger charge is 2.41. The Morgan fingerprint density at radius 2 is 2.10 bits per heavy atom. The molecule has 1 aliphatic heterocycles. The average Bonchev–Trinajstić information content (AvgIpc) is 2.42. The number of aromatic nitrogens is 1. The minimum absolute atomic E-state index is 0.154. The molecule has 2 heterocycles. The molecule has 2 N–H and O–H groups in total. The predicted octanol–water partition coefficient (Wildman–Crippen LogP) is 0.603. The predicted molar refractivity (Wildman–Crippen MR) is 76.3 cm³/mol. The minimum Gasteiger partial charge on any atom is -0.347 e. The van der Waals surface area contributed by atoms with Crippen molar-refractivity contribution in [2.75, 3.05) is 18.5 Å². The van der Waals surface area contributed by atoms with Gasteiger partial charge in [-0.15, -0.1) is 0 Å². The number of carbonyl (C=O) groups excluding carboxylic acids is 2. The molecule has 2 rings (SSSR count). The maximum Gasteiger partial charge on any atom is 0.251 e. The third-order valence-corrected chi connectivity index (χ3v) is 3.74. The summed E-state index contributed by atoms with van der Waals surface area (Å²) in [6.45, 7) is 5.75. The lowest BCUT2D eigenvalue weighted by molar-refractivity contribution is -0.135. The molecule has 6 heteroatoms. The molecule has 0 radical (unpaired) electrons. The van der Waals surface area contributed by atoms with Gasteiger partial charge in [0.05, 0.1) is 24.1 Å². The molecule has 1 saturated heterocycles. The van der Waals surface area contributed by atoms with E-state index in [0.717, 1.165) is 11.4 Å². The topological polar surface area (TPSA) is 74.3 Å². The number of carbonyl (C=O) groups is 2. The Kier molecular flexibility index (Phi) is 3.76. The molecule has 1 atom stereocenters. The van der Waals surface area contributed by atoms with E-state index in [9.17, 15) is 9.59 Å². The van der Waals surface area contributed by atoms with Crippen molar-refractivity contribution in [2.24, 2.45) is 0 Å². The van der Waals surface area contributed by atoms with Crippen LogP contribution in [0.2, 0.25) is 0 Å². The summed E-state index contributed by atoms with van der Waals surface area (Å²) in [5.41, 5.74) is 0.915. The number of nitrogens with zero attached hydrogens (tertiary/aromatic N) is 2. The normalized spacial score (nSPS) is 19.7. The highest BCUT2D eigenvalue weighted by atomic mass is 16.2. The second-order valence-corrected chi connectivity index (χ2v) is 5.47. The summed E-state index contributed by atoms with van der Waals surface area (Å²) in [6, 6.07) is 3.95. The highest BCUT2D eigenvalue weighted by Crippen LogP contribution is 2.26. The molecular weight excluding hydrogens is 256 g/mol. The summed E-state index contributed by atoms with van der Waals surface area (Å²) in [4.78, 5) is 29.7.